The lowest BCUT2D eigenvalue weighted by molar-refractivity contribution is 0.544. The van der Waals surface area contributed by atoms with Crippen molar-refractivity contribution in [2.45, 2.75) is 18.2 Å². The number of rotatable bonds is 3. The van der Waals surface area contributed by atoms with Crippen molar-refractivity contribution in [2.75, 3.05) is 0 Å². The molecule has 3 heteroatoms. The number of nitrogens with zero attached hydrogens (tertiary/aromatic N) is 1. The summed E-state index contributed by atoms with van der Waals surface area (Å²) in [6.07, 6.45) is 2.64. The Morgan fingerprint density at radius 2 is 2.11 bits per heavy atom. The van der Waals surface area contributed by atoms with Crippen LogP contribution in [0.15, 0.2) is 53.1 Å². The molecule has 0 saturated heterocycles. The van der Waals surface area contributed by atoms with Crippen LogP contribution in [0.25, 0.3) is 11.0 Å². The molecular weight excluding hydrogens is 302 g/mol. The Hall–Kier alpha value is -1.61. The quantitative estimate of drug-likeness (QED) is 0.648. The number of aromatic nitrogens is 1. The van der Waals surface area contributed by atoms with Gasteiger partial charge < -0.3 is 4.42 Å². The van der Waals surface area contributed by atoms with E-state index in [9.17, 15) is 0 Å². The summed E-state index contributed by atoms with van der Waals surface area (Å²) in [5, 5.41) is 1.15. The predicted molar refractivity (Wildman–Crippen MR) is 80.6 cm³/mol. The minimum atomic E-state index is 0.148. The number of fused-ring (bicyclic) bond motifs is 1. The van der Waals surface area contributed by atoms with Gasteiger partial charge in [0.15, 0.2) is 0 Å². The normalized spacial score (nSPS) is 12.7. The van der Waals surface area contributed by atoms with Crippen molar-refractivity contribution in [2.24, 2.45) is 0 Å². The number of furan rings is 1. The molecule has 1 unspecified atom stereocenters. The zero-order chi connectivity index (χ0) is 13.2. The average Bonchev–Trinajstić information content (AvgIpc) is 2.83. The fourth-order valence-electron chi connectivity index (χ4n) is 2.14. The van der Waals surface area contributed by atoms with E-state index in [4.69, 9.17) is 4.42 Å². The molecule has 2 aromatic heterocycles. The van der Waals surface area contributed by atoms with Crippen LogP contribution in [0.2, 0.25) is 0 Å². The van der Waals surface area contributed by atoms with E-state index in [1.54, 1.807) is 0 Å². The molecule has 0 N–H and O–H groups in total. The molecule has 0 spiro atoms. The van der Waals surface area contributed by atoms with E-state index in [0.717, 1.165) is 28.8 Å². The third-order valence-electron chi connectivity index (χ3n) is 3.11. The largest absolute Gasteiger partial charge is 0.460 e. The Bertz CT molecular complexity index is 690. The van der Waals surface area contributed by atoms with Crippen molar-refractivity contribution >= 4 is 26.9 Å². The van der Waals surface area contributed by atoms with Crippen molar-refractivity contribution in [1.82, 2.24) is 4.98 Å². The SMILES string of the molecule is Cc1ccc2oc(C(Br)Cc3ccccn3)cc2c1. The number of benzene rings is 1. The third-order valence-corrected chi connectivity index (χ3v) is 3.89. The zero-order valence-electron chi connectivity index (χ0n) is 10.6. The summed E-state index contributed by atoms with van der Waals surface area (Å²) in [6.45, 7) is 2.09. The highest BCUT2D eigenvalue weighted by molar-refractivity contribution is 9.09. The topological polar surface area (TPSA) is 26.0 Å². The highest BCUT2D eigenvalue weighted by Gasteiger charge is 2.14. The summed E-state index contributed by atoms with van der Waals surface area (Å²) in [5.74, 6) is 0.950. The summed E-state index contributed by atoms with van der Waals surface area (Å²) < 4.78 is 5.88. The second-order valence-corrected chi connectivity index (χ2v) is 5.79. The van der Waals surface area contributed by atoms with E-state index >= 15 is 0 Å². The summed E-state index contributed by atoms with van der Waals surface area (Å²) in [6, 6.07) is 14.3. The lowest BCUT2D eigenvalue weighted by Gasteiger charge is -2.05. The van der Waals surface area contributed by atoms with Gasteiger partial charge in [-0.2, -0.15) is 0 Å². The molecule has 0 saturated carbocycles. The molecule has 0 amide bonds. The summed E-state index contributed by atoms with van der Waals surface area (Å²) in [4.78, 5) is 4.49. The van der Waals surface area contributed by atoms with Crippen molar-refractivity contribution < 1.29 is 4.42 Å². The van der Waals surface area contributed by atoms with Gasteiger partial charge >= 0.3 is 0 Å². The van der Waals surface area contributed by atoms with Crippen LogP contribution >= 0.6 is 15.9 Å². The lowest BCUT2D eigenvalue weighted by atomic mass is 10.1. The highest BCUT2D eigenvalue weighted by Crippen LogP contribution is 2.31. The van der Waals surface area contributed by atoms with Gasteiger partial charge in [0, 0.05) is 23.7 Å². The molecule has 0 aliphatic carbocycles. The molecule has 0 fully saturated rings. The van der Waals surface area contributed by atoms with E-state index in [-0.39, 0.29) is 4.83 Å². The average molecular weight is 316 g/mol. The van der Waals surface area contributed by atoms with Gasteiger partial charge in [0.05, 0.1) is 4.83 Å². The number of alkyl halides is 1. The van der Waals surface area contributed by atoms with Crippen molar-refractivity contribution in [3.8, 4) is 0 Å². The van der Waals surface area contributed by atoms with Gasteiger partial charge in [-0.05, 0) is 37.3 Å². The monoisotopic (exact) mass is 315 g/mol. The number of aryl methyl sites for hydroxylation is 1. The maximum absolute atomic E-state index is 5.88. The van der Waals surface area contributed by atoms with Gasteiger partial charge in [-0.15, -0.1) is 0 Å². The highest BCUT2D eigenvalue weighted by atomic mass is 79.9. The van der Waals surface area contributed by atoms with Crippen molar-refractivity contribution in [3.63, 3.8) is 0 Å². The molecule has 96 valence electrons. The summed E-state index contributed by atoms with van der Waals surface area (Å²) in [7, 11) is 0. The van der Waals surface area contributed by atoms with Gasteiger partial charge in [0.25, 0.3) is 0 Å². The molecule has 0 radical (unpaired) electrons. The third kappa shape index (κ3) is 2.71. The van der Waals surface area contributed by atoms with Gasteiger partial charge in [-0.3, -0.25) is 4.98 Å². The lowest BCUT2D eigenvalue weighted by Crippen LogP contribution is -1.95. The summed E-state index contributed by atoms with van der Waals surface area (Å²) in [5.41, 5.74) is 3.24. The Kier molecular flexibility index (Phi) is 3.38. The van der Waals surface area contributed by atoms with E-state index in [2.05, 4.69) is 46.0 Å². The standard InChI is InChI=1S/C16H14BrNO/c1-11-5-6-15-12(8-11)9-16(19-15)14(17)10-13-4-2-3-7-18-13/h2-9,14H,10H2,1H3. The number of pyridine rings is 1. The first-order valence-electron chi connectivity index (χ1n) is 6.26. The molecular formula is C16H14BrNO. The molecule has 1 atom stereocenters. The Balaban J connectivity index is 1.87. The molecule has 0 aliphatic heterocycles. The van der Waals surface area contributed by atoms with Crippen molar-refractivity contribution in [3.05, 3.63) is 65.7 Å². The second-order valence-electron chi connectivity index (χ2n) is 4.68. The minimum Gasteiger partial charge on any atom is -0.460 e. The van der Waals surface area contributed by atoms with E-state index in [1.165, 1.54) is 5.56 Å². The second kappa shape index (κ2) is 5.17. The smallest absolute Gasteiger partial charge is 0.134 e. The Morgan fingerprint density at radius 3 is 2.89 bits per heavy atom. The van der Waals surface area contributed by atoms with Crippen molar-refractivity contribution in [1.29, 1.82) is 0 Å². The zero-order valence-corrected chi connectivity index (χ0v) is 12.2. The van der Waals surface area contributed by atoms with Gasteiger partial charge in [-0.1, -0.05) is 33.6 Å². The predicted octanol–water partition coefficient (Wildman–Crippen LogP) is 4.81. The van der Waals surface area contributed by atoms with Crippen LogP contribution in [0.5, 0.6) is 0 Å². The summed E-state index contributed by atoms with van der Waals surface area (Å²) >= 11 is 3.69. The molecule has 0 bridgehead atoms. The minimum absolute atomic E-state index is 0.148. The van der Waals surface area contributed by atoms with Crippen LogP contribution < -0.4 is 0 Å². The Morgan fingerprint density at radius 1 is 1.21 bits per heavy atom. The van der Waals surface area contributed by atoms with Crippen LogP contribution in [-0.2, 0) is 6.42 Å². The fourth-order valence-corrected chi connectivity index (χ4v) is 2.70. The van der Waals surface area contributed by atoms with Crippen LogP contribution in [0, 0.1) is 6.92 Å². The van der Waals surface area contributed by atoms with Crippen LogP contribution in [-0.4, -0.2) is 4.98 Å². The molecule has 1 aromatic carbocycles. The van der Waals surface area contributed by atoms with E-state index in [1.807, 2.05) is 30.5 Å². The molecule has 2 heterocycles. The molecule has 2 nitrogen and oxygen atoms in total. The maximum Gasteiger partial charge on any atom is 0.134 e. The van der Waals surface area contributed by atoms with Crippen LogP contribution in [0.3, 0.4) is 0 Å². The number of hydrogen-bond donors (Lipinski definition) is 0. The maximum atomic E-state index is 5.88. The first kappa shape index (κ1) is 12.4. The van der Waals surface area contributed by atoms with Gasteiger partial charge in [-0.25, -0.2) is 0 Å². The first-order chi connectivity index (χ1) is 9.22. The van der Waals surface area contributed by atoms with Crippen LogP contribution in [0.4, 0.5) is 0 Å². The fraction of sp³-hybridized carbons (Fsp3) is 0.188. The molecule has 19 heavy (non-hydrogen) atoms. The van der Waals surface area contributed by atoms with E-state index in [0.29, 0.717) is 0 Å². The molecule has 0 aliphatic rings. The first-order valence-corrected chi connectivity index (χ1v) is 7.18. The molecule has 3 aromatic rings. The van der Waals surface area contributed by atoms with E-state index < -0.39 is 0 Å². The Labute approximate surface area is 120 Å². The molecule has 3 rings (SSSR count). The van der Waals surface area contributed by atoms with Crippen LogP contribution in [0.1, 0.15) is 21.8 Å². The van der Waals surface area contributed by atoms with Gasteiger partial charge in [0.1, 0.15) is 11.3 Å². The number of hydrogen-bond acceptors (Lipinski definition) is 2. The number of halogens is 1. The van der Waals surface area contributed by atoms with Gasteiger partial charge in [0.2, 0.25) is 0 Å².